The molecule has 0 spiro atoms. The first-order valence-electron chi connectivity index (χ1n) is 6.19. The lowest BCUT2D eigenvalue weighted by atomic mass is 10.0. The molecule has 0 bridgehead atoms. The standard InChI is InChI=1S/C15H15BrN2O2/c1-10(11-3-2-4-13(17)7-11)15(19)20-9-14-6-5-12(16)8-18-14/h2-8,10H,9,17H2,1H3. The van der Waals surface area contributed by atoms with Crippen LogP contribution in [0.2, 0.25) is 0 Å². The number of aromatic nitrogens is 1. The van der Waals surface area contributed by atoms with Gasteiger partial charge in [-0.1, -0.05) is 12.1 Å². The fourth-order valence-corrected chi connectivity index (χ4v) is 1.96. The zero-order chi connectivity index (χ0) is 14.5. The monoisotopic (exact) mass is 334 g/mol. The Morgan fingerprint density at radius 2 is 2.20 bits per heavy atom. The average Bonchev–Trinajstić information content (AvgIpc) is 2.45. The van der Waals surface area contributed by atoms with Crippen LogP contribution in [-0.4, -0.2) is 11.0 Å². The molecule has 2 N–H and O–H groups in total. The number of hydrogen-bond acceptors (Lipinski definition) is 4. The van der Waals surface area contributed by atoms with Crippen molar-refractivity contribution in [2.24, 2.45) is 0 Å². The van der Waals surface area contributed by atoms with Crippen molar-refractivity contribution in [1.29, 1.82) is 0 Å². The van der Waals surface area contributed by atoms with Crippen LogP contribution in [0.25, 0.3) is 0 Å². The molecule has 0 aliphatic rings. The maximum atomic E-state index is 12.0. The number of carbonyl (C=O) groups excluding carboxylic acids is 1. The molecule has 0 radical (unpaired) electrons. The van der Waals surface area contributed by atoms with Crippen LogP contribution in [0.15, 0.2) is 47.1 Å². The largest absolute Gasteiger partial charge is 0.459 e. The maximum absolute atomic E-state index is 12.0. The van der Waals surface area contributed by atoms with Gasteiger partial charge in [0.15, 0.2) is 0 Å². The second kappa shape index (κ2) is 6.52. The third kappa shape index (κ3) is 3.81. The van der Waals surface area contributed by atoms with Crippen molar-refractivity contribution in [1.82, 2.24) is 4.98 Å². The Labute approximate surface area is 126 Å². The number of hydrogen-bond donors (Lipinski definition) is 1. The molecular formula is C15H15BrN2O2. The highest BCUT2D eigenvalue weighted by molar-refractivity contribution is 9.10. The highest BCUT2D eigenvalue weighted by Crippen LogP contribution is 2.19. The lowest BCUT2D eigenvalue weighted by molar-refractivity contribution is -0.146. The maximum Gasteiger partial charge on any atom is 0.313 e. The minimum Gasteiger partial charge on any atom is -0.459 e. The molecule has 0 fully saturated rings. The molecule has 0 aliphatic carbocycles. The van der Waals surface area contributed by atoms with Crippen molar-refractivity contribution < 1.29 is 9.53 Å². The van der Waals surface area contributed by atoms with Crippen LogP contribution in [-0.2, 0) is 16.1 Å². The number of nitrogens with two attached hydrogens (primary N) is 1. The Bertz CT molecular complexity index is 599. The second-order valence-corrected chi connectivity index (χ2v) is 5.38. The fraction of sp³-hybridized carbons (Fsp3) is 0.200. The first kappa shape index (κ1) is 14.5. The molecule has 1 unspecified atom stereocenters. The van der Waals surface area contributed by atoms with Crippen molar-refractivity contribution in [3.8, 4) is 0 Å². The molecule has 2 aromatic rings. The van der Waals surface area contributed by atoms with E-state index in [9.17, 15) is 4.79 Å². The van der Waals surface area contributed by atoms with Crippen molar-refractivity contribution >= 4 is 27.6 Å². The van der Waals surface area contributed by atoms with Gasteiger partial charge in [0.1, 0.15) is 6.61 Å². The Morgan fingerprint density at radius 1 is 1.40 bits per heavy atom. The van der Waals surface area contributed by atoms with E-state index in [0.717, 1.165) is 10.0 Å². The van der Waals surface area contributed by atoms with Crippen LogP contribution in [0.4, 0.5) is 5.69 Å². The molecule has 1 aromatic heterocycles. The van der Waals surface area contributed by atoms with Crippen LogP contribution >= 0.6 is 15.9 Å². The van der Waals surface area contributed by atoms with Crippen LogP contribution < -0.4 is 5.73 Å². The number of pyridine rings is 1. The van der Waals surface area contributed by atoms with Crippen molar-refractivity contribution in [3.63, 3.8) is 0 Å². The van der Waals surface area contributed by atoms with E-state index in [1.807, 2.05) is 24.3 Å². The summed E-state index contributed by atoms with van der Waals surface area (Å²) < 4.78 is 6.16. The molecule has 1 atom stereocenters. The Hall–Kier alpha value is -1.88. The van der Waals surface area contributed by atoms with Gasteiger partial charge in [-0.05, 0) is 52.7 Å². The highest BCUT2D eigenvalue weighted by Gasteiger charge is 2.17. The minimum absolute atomic E-state index is 0.165. The smallest absolute Gasteiger partial charge is 0.313 e. The number of nitrogen functional groups attached to an aromatic ring is 1. The quantitative estimate of drug-likeness (QED) is 0.688. The Morgan fingerprint density at radius 3 is 2.85 bits per heavy atom. The van der Waals surface area contributed by atoms with E-state index in [1.54, 1.807) is 25.3 Å². The molecule has 104 valence electrons. The topological polar surface area (TPSA) is 65.2 Å². The zero-order valence-corrected chi connectivity index (χ0v) is 12.6. The predicted octanol–water partition coefficient (Wildman–Crippen LogP) is 3.27. The summed E-state index contributed by atoms with van der Waals surface area (Å²) in [5, 5.41) is 0. The molecule has 0 saturated heterocycles. The lowest BCUT2D eigenvalue weighted by Gasteiger charge is -2.12. The summed E-state index contributed by atoms with van der Waals surface area (Å²) in [6, 6.07) is 10.9. The zero-order valence-electron chi connectivity index (χ0n) is 11.0. The minimum atomic E-state index is -0.353. The van der Waals surface area contributed by atoms with Gasteiger partial charge in [-0.3, -0.25) is 9.78 Å². The average molecular weight is 335 g/mol. The third-order valence-corrected chi connectivity index (χ3v) is 3.38. The molecule has 0 aliphatic heterocycles. The first-order chi connectivity index (χ1) is 9.56. The number of ether oxygens (including phenoxy) is 1. The number of esters is 1. The van der Waals surface area contributed by atoms with Gasteiger partial charge in [-0.2, -0.15) is 0 Å². The summed E-state index contributed by atoms with van der Waals surface area (Å²) in [7, 11) is 0. The summed E-state index contributed by atoms with van der Waals surface area (Å²) in [4.78, 5) is 16.1. The van der Waals surface area contributed by atoms with Crippen molar-refractivity contribution in [3.05, 3.63) is 58.3 Å². The van der Waals surface area contributed by atoms with Gasteiger partial charge in [0.05, 0.1) is 11.6 Å². The van der Waals surface area contributed by atoms with Crippen molar-refractivity contribution in [2.75, 3.05) is 5.73 Å². The normalized spacial score (nSPS) is 11.9. The first-order valence-corrected chi connectivity index (χ1v) is 6.98. The van der Waals surface area contributed by atoms with E-state index in [4.69, 9.17) is 10.5 Å². The summed E-state index contributed by atoms with van der Waals surface area (Å²) >= 11 is 3.30. The SMILES string of the molecule is CC(C(=O)OCc1ccc(Br)cn1)c1cccc(N)c1. The molecule has 20 heavy (non-hydrogen) atoms. The van der Waals surface area contributed by atoms with E-state index in [0.29, 0.717) is 11.4 Å². The van der Waals surface area contributed by atoms with E-state index < -0.39 is 0 Å². The predicted molar refractivity (Wildman–Crippen MR) is 81.0 cm³/mol. The number of carbonyl (C=O) groups is 1. The summed E-state index contributed by atoms with van der Waals surface area (Å²) in [5.41, 5.74) is 7.90. The molecule has 2 rings (SSSR count). The van der Waals surface area contributed by atoms with E-state index in [-0.39, 0.29) is 18.5 Å². The van der Waals surface area contributed by atoms with Crippen LogP contribution in [0, 0.1) is 0 Å². The second-order valence-electron chi connectivity index (χ2n) is 4.47. The molecular weight excluding hydrogens is 320 g/mol. The summed E-state index contributed by atoms with van der Waals surface area (Å²) in [6.07, 6.45) is 1.67. The Kier molecular flexibility index (Phi) is 4.74. The number of rotatable bonds is 4. The van der Waals surface area contributed by atoms with E-state index in [1.165, 1.54) is 0 Å². The molecule has 1 heterocycles. The van der Waals surface area contributed by atoms with Gasteiger partial charge in [0.2, 0.25) is 0 Å². The number of benzene rings is 1. The molecule has 1 aromatic carbocycles. The van der Waals surface area contributed by atoms with E-state index in [2.05, 4.69) is 20.9 Å². The van der Waals surface area contributed by atoms with Gasteiger partial charge in [0.25, 0.3) is 0 Å². The molecule has 0 saturated carbocycles. The van der Waals surface area contributed by atoms with Crippen LogP contribution in [0.1, 0.15) is 24.1 Å². The van der Waals surface area contributed by atoms with E-state index >= 15 is 0 Å². The van der Waals surface area contributed by atoms with Gasteiger partial charge in [-0.25, -0.2) is 0 Å². The van der Waals surface area contributed by atoms with Crippen LogP contribution in [0.3, 0.4) is 0 Å². The van der Waals surface area contributed by atoms with Gasteiger partial charge in [0, 0.05) is 16.4 Å². The number of anilines is 1. The molecule has 5 heteroatoms. The molecule has 0 amide bonds. The van der Waals surface area contributed by atoms with Gasteiger partial charge >= 0.3 is 5.97 Å². The van der Waals surface area contributed by atoms with Crippen LogP contribution in [0.5, 0.6) is 0 Å². The molecule has 4 nitrogen and oxygen atoms in total. The van der Waals surface area contributed by atoms with Gasteiger partial charge in [-0.15, -0.1) is 0 Å². The number of halogens is 1. The van der Waals surface area contributed by atoms with Crippen molar-refractivity contribution in [2.45, 2.75) is 19.4 Å². The highest BCUT2D eigenvalue weighted by atomic mass is 79.9. The fourth-order valence-electron chi connectivity index (χ4n) is 1.73. The Balaban J connectivity index is 1.96. The number of nitrogens with zero attached hydrogens (tertiary/aromatic N) is 1. The summed E-state index contributed by atoms with van der Waals surface area (Å²) in [5.74, 6) is -0.644. The van der Waals surface area contributed by atoms with Gasteiger partial charge < -0.3 is 10.5 Å². The summed E-state index contributed by atoms with van der Waals surface area (Å²) in [6.45, 7) is 1.96. The lowest BCUT2D eigenvalue weighted by Crippen LogP contribution is -2.13. The third-order valence-electron chi connectivity index (χ3n) is 2.92.